The molecule has 0 saturated carbocycles. The van der Waals surface area contributed by atoms with Crippen molar-refractivity contribution in [1.29, 1.82) is 0 Å². The summed E-state index contributed by atoms with van der Waals surface area (Å²) in [6.07, 6.45) is -7.95. The number of likely N-dealkylation sites (N-methyl/N-ethyl adjacent to an activating group) is 1. The van der Waals surface area contributed by atoms with E-state index in [1.54, 1.807) is 19.2 Å². The van der Waals surface area contributed by atoms with Crippen molar-refractivity contribution in [3.63, 3.8) is 0 Å². The number of benzene rings is 2. The number of ether oxygens (including phenoxy) is 1. The van der Waals surface area contributed by atoms with E-state index in [1.807, 2.05) is 36.4 Å². The van der Waals surface area contributed by atoms with Crippen LogP contribution in [0.15, 0.2) is 48.5 Å². The highest BCUT2D eigenvalue weighted by Crippen LogP contribution is 2.39. The highest BCUT2D eigenvalue weighted by molar-refractivity contribution is 6.06. The van der Waals surface area contributed by atoms with E-state index in [2.05, 4.69) is 10.6 Å². The average Bonchev–Trinajstić information content (AvgIpc) is 2.86. The molecule has 0 radical (unpaired) electrons. The summed E-state index contributed by atoms with van der Waals surface area (Å²) in [5, 5.41) is 4.82. The fraction of sp³-hybridized carbons (Fsp3) is 0.348. The molecule has 176 valence electrons. The van der Waals surface area contributed by atoms with E-state index in [1.165, 1.54) is 11.8 Å². The fourth-order valence-electron chi connectivity index (χ4n) is 3.57. The molecule has 0 bridgehead atoms. The summed E-state index contributed by atoms with van der Waals surface area (Å²) in [5.74, 6) is -1.09. The zero-order valence-corrected chi connectivity index (χ0v) is 18.1. The number of amides is 3. The van der Waals surface area contributed by atoms with Gasteiger partial charge in [-0.2, -0.15) is 13.2 Å². The van der Waals surface area contributed by atoms with Gasteiger partial charge in [0.05, 0.1) is 5.69 Å². The second-order valence-electron chi connectivity index (χ2n) is 7.64. The molecule has 1 aliphatic heterocycles. The number of rotatable bonds is 6. The van der Waals surface area contributed by atoms with Crippen molar-refractivity contribution in [2.75, 3.05) is 18.5 Å². The maximum absolute atomic E-state index is 13.2. The number of nitrogens with one attached hydrogen (secondary N) is 2. The van der Waals surface area contributed by atoms with Crippen molar-refractivity contribution in [2.24, 2.45) is 0 Å². The summed E-state index contributed by atoms with van der Waals surface area (Å²) >= 11 is 0. The van der Waals surface area contributed by atoms with Crippen LogP contribution in [0.3, 0.4) is 0 Å². The van der Waals surface area contributed by atoms with Crippen LogP contribution in [0.4, 0.5) is 23.7 Å². The minimum Gasteiger partial charge on any atom is -0.436 e. The molecule has 33 heavy (non-hydrogen) atoms. The van der Waals surface area contributed by atoms with Crippen LogP contribution in [0.25, 0.3) is 11.1 Å². The molecule has 0 spiro atoms. The first-order chi connectivity index (χ1) is 15.6. The Morgan fingerprint density at radius 1 is 1.09 bits per heavy atom. The number of carbonyl (C=O) groups is 3. The molecule has 7 nitrogen and oxygen atoms in total. The summed E-state index contributed by atoms with van der Waals surface area (Å²) in [4.78, 5) is 39.2. The summed E-state index contributed by atoms with van der Waals surface area (Å²) < 4.78 is 41.5. The number of carbonyl (C=O) groups excluding carboxylic acids is 3. The SMILES string of the molecule is C[C@H](OC(=O)NCCCC(F)(F)F)C(=O)NC1C(=O)N(C)c2ccccc2-c2ccccc21. The van der Waals surface area contributed by atoms with Gasteiger partial charge in [0.25, 0.3) is 11.8 Å². The molecule has 0 aliphatic carbocycles. The first kappa shape index (κ1) is 24.1. The Kier molecular flexibility index (Phi) is 7.25. The topological polar surface area (TPSA) is 87.7 Å². The number of fused-ring (bicyclic) bond motifs is 3. The zero-order chi connectivity index (χ0) is 24.2. The largest absolute Gasteiger partial charge is 0.436 e. The minimum absolute atomic E-state index is 0.246. The van der Waals surface area contributed by atoms with Gasteiger partial charge in [-0.1, -0.05) is 42.5 Å². The lowest BCUT2D eigenvalue weighted by Crippen LogP contribution is -2.45. The van der Waals surface area contributed by atoms with Crippen molar-refractivity contribution in [3.8, 4) is 11.1 Å². The van der Waals surface area contributed by atoms with Gasteiger partial charge in [0, 0.05) is 25.6 Å². The van der Waals surface area contributed by atoms with Crippen LogP contribution in [-0.4, -0.2) is 43.8 Å². The molecule has 2 aromatic rings. The van der Waals surface area contributed by atoms with Gasteiger partial charge in [0.1, 0.15) is 6.04 Å². The summed E-state index contributed by atoms with van der Waals surface area (Å²) in [7, 11) is 1.61. The minimum atomic E-state index is -4.31. The number of para-hydroxylation sites is 1. The Morgan fingerprint density at radius 3 is 2.42 bits per heavy atom. The molecule has 0 aromatic heterocycles. The van der Waals surface area contributed by atoms with Crippen LogP contribution in [0.1, 0.15) is 31.4 Å². The summed E-state index contributed by atoms with van der Waals surface area (Å²) in [6, 6.07) is 13.5. The van der Waals surface area contributed by atoms with Crippen LogP contribution in [0.5, 0.6) is 0 Å². The highest BCUT2D eigenvalue weighted by Gasteiger charge is 2.34. The molecular weight excluding hydrogens is 439 g/mol. The molecule has 0 saturated heterocycles. The second kappa shape index (κ2) is 9.93. The lowest BCUT2D eigenvalue weighted by atomic mass is 9.95. The molecule has 1 unspecified atom stereocenters. The molecule has 3 rings (SSSR count). The molecule has 2 atom stereocenters. The molecule has 0 fully saturated rings. The fourth-order valence-corrected chi connectivity index (χ4v) is 3.57. The normalized spacial score (nSPS) is 16.2. The van der Waals surface area contributed by atoms with Crippen LogP contribution < -0.4 is 15.5 Å². The first-order valence-electron chi connectivity index (χ1n) is 10.4. The van der Waals surface area contributed by atoms with Gasteiger partial charge in [-0.25, -0.2) is 4.79 Å². The van der Waals surface area contributed by atoms with Crippen molar-refractivity contribution in [1.82, 2.24) is 10.6 Å². The van der Waals surface area contributed by atoms with Crippen molar-refractivity contribution >= 4 is 23.6 Å². The number of hydrogen-bond donors (Lipinski definition) is 2. The van der Waals surface area contributed by atoms with E-state index in [0.717, 1.165) is 11.1 Å². The van der Waals surface area contributed by atoms with Crippen LogP contribution >= 0.6 is 0 Å². The average molecular weight is 463 g/mol. The molecule has 10 heteroatoms. The Bertz CT molecular complexity index is 1040. The maximum atomic E-state index is 13.2. The molecular formula is C23H24F3N3O4. The molecule has 2 N–H and O–H groups in total. The van der Waals surface area contributed by atoms with Crippen LogP contribution in [0.2, 0.25) is 0 Å². The van der Waals surface area contributed by atoms with E-state index >= 15 is 0 Å². The van der Waals surface area contributed by atoms with Gasteiger partial charge < -0.3 is 20.3 Å². The van der Waals surface area contributed by atoms with Crippen LogP contribution in [-0.2, 0) is 14.3 Å². The third-order valence-corrected chi connectivity index (χ3v) is 5.25. The number of halogens is 3. The van der Waals surface area contributed by atoms with E-state index < -0.39 is 36.7 Å². The number of alkyl halides is 3. The Hall–Kier alpha value is -3.56. The monoisotopic (exact) mass is 463 g/mol. The van der Waals surface area contributed by atoms with E-state index in [0.29, 0.717) is 11.3 Å². The van der Waals surface area contributed by atoms with Crippen molar-refractivity contribution in [3.05, 3.63) is 54.1 Å². The number of nitrogens with zero attached hydrogens (tertiary/aromatic N) is 1. The molecule has 1 heterocycles. The lowest BCUT2D eigenvalue weighted by molar-refractivity contribution is -0.135. The van der Waals surface area contributed by atoms with Gasteiger partial charge in [-0.05, 0) is 30.5 Å². The lowest BCUT2D eigenvalue weighted by Gasteiger charge is -2.24. The molecule has 1 aliphatic rings. The van der Waals surface area contributed by atoms with E-state index in [-0.39, 0.29) is 18.9 Å². The summed E-state index contributed by atoms with van der Waals surface area (Å²) in [6.45, 7) is 1.07. The number of alkyl carbamates (subject to hydrolysis) is 1. The predicted octanol–water partition coefficient (Wildman–Crippen LogP) is 3.94. The molecule has 2 aromatic carbocycles. The Labute approximate surface area is 188 Å². The van der Waals surface area contributed by atoms with Gasteiger partial charge in [-0.3, -0.25) is 9.59 Å². The summed E-state index contributed by atoms with van der Waals surface area (Å²) in [5.41, 5.74) is 2.90. The first-order valence-corrected chi connectivity index (χ1v) is 10.4. The third kappa shape index (κ3) is 5.82. The van der Waals surface area contributed by atoms with Crippen molar-refractivity contribution in [2.45, 2.75) is 38.1 Å². The standard InChI is InChI=1S/C23H24F3N3O4/c1-14(33-22(32)27-13-7-12-23(24,25)26)20(30)28-19-17-10-4-3-8-15(17)16-9-5-6-11-18(16)29(2)21(19)31/h3-6,8-11,14,19H,7,12-13H2,1-2H3,(H,27,32)(H,28,30)/t14-,19?/m0/s1. The van der Waals surface area contributed by atoms with E-state index in [4.69, 9.17) is 4.74 Å². The van der Waals surface area contributed by atoms with E-state index in [9.17, 15) is 27.6 Å². The molecule has 3 amide bonds. The number of anilines is 1. The third-order valence-electron chi connectivity index (χ3n) is 5.25. The second-order valence-corrected chi connectivity index (χ2v) is 7.64. The van der Waals surface area contributed by atoms with Gasteiger partial charge in [0.15, 0.2) is 6.10 Å². The number of hydrogen-bond acceptors (Lipinski definition) is 4. The maximum Gasteiger partial charge on any atom is 0.407 e. The Balaban J connectivity index is 1.69. The quantitative estimate of drug-likeness (QED) is 0.636. The predicted molar refractivity (Wildman–Crippen MR) is 115 cm³/mol. The van der Waals surface area contributed by atoms with Gasteiger partial charge in [0.2, 0.25) is 0 Å². The van der Waals surface area contributed by atoms with Crippen LogP contribution in [0, 0.1) is 0 Å². The smallest absolute Gasteiger partial charge is 0.407 e. The zero-order valence-electron chi connectivity index (χ0n) is 18.1. The van der Waals surface area contributed by atoms with Crippen molar-refractivity contribution < 1.29 is 32.3 Å². The highest BCUT2D eigenvalue weighted by atomic mass is 19.4. The van der Waals surface area contributed by atoms with Gasteiger partial charge >= 0.3 is 12.3 Å². The van der Waals surface area contributed by atoms with Gasteiger partial charge in [-0.15, -0.1) is 0 Å². The Morgan fingerprint density at radius 2 is 1.73 bits per heavy atom.